The second kappa shape index (κ2) is 9.65. The topological polar surface area (TPSA) is 3.24 Å². The van der Waals surface area contributed by atoms with E-state index in [1.54, 1.807) is 0 Å². The summed E-state index contributed by atoms with van der Waals surface area (Å²) < 4.78 is 26.7. The molecule has 0 spiro atoms. The van der Waals surface area contributed by atoms with Gasteiger partial charge in [-0.1, -0.05) is 54.6 Å². The predicted octanol–water partition coefficient (Wildman–Crippen LogP) is 6.12. The third-order valence-corrected chi connectivity index (χ3v) is 6.20. The highest BCUT2D eigenvalue weighted by Gasteiger charge is 2.42. The lowest BCUT2D eigenvalue weighted by molar-refractivity contribution is 0.0428. The summed E-state index contributed by atoms with van der Waals surface area (Å²) in [4.78, 5) is 2.57. The lowest BCUT2D eigenvalue weighted by Gasteiger charge is -2.34. The van der Waals surface area contributed by atoms with E-state index in [0.29, 0.717) is 18.5 Å². The summed E-state index contributed by atoms with van der Waals surface area (Å²) >= 11 is 0. The van der Waals surface area contributed by atoms with Gasteiger partial charge in [-0.25, -0.2) is 8.78 Å². The first-order valence-electron chi connectivity index (χ1n) is 10.6. The summed E-state index contributed by atoms with van der Waals surface area (Å²) in [5, 5.41) is 0. The molecule has 28 heavy (non-hydrogen) atoms. The quantitative estimate of drug-likeness (QED) is 0.502. The van der Waals surface area contributed by atoms with Crippen molar-refractivity contribution in [1.29, 1.82) is 0 Å². The van der Waals surface area contributed by atoms with Crippen LogP contribution in [0.2, 0.25) is 0 Å². The lowest BCUT2D eigenvalue weighted by Crippen LogP contribution is -2.40. The van der Waals surface area contributed by atoms with Gasteiger partial charge >= 0.3 is 0 Å². The zero-order chi connectivity index (χ0) is 20.1. The zero-order valence-corrected chi connectivity index (χ0v) is 17.3. The van der Waals surface area contributed by atoms with E-state index >= 15 is 0 Å². The second-order valence-electron chi connectivity index (χ2n) is 8.50. The Kier molecular flexibility index (Phi) is 7.23. The van der Waals surface area contributed by atoms with Gasteiger partial charge in [-0.2, -0.15) is 0 Å². The maximum atomic E-state index is 13.6. The molecule has 1 aliphatic carbocycles. The Bertz CT molecular complexity index is 713. The molecule has 0 N–H and O–H groups in total. The van der Waals surface area contributed by atoms with Crippen molar-refractivity contribution in [3.63, 3.8) is 0 Å². The van der Waals surface area contributed by atoms with Gasteiger partial charge in [0.25, 0.3) is 0 Å². The third-order valence-electron chi connectivity index (χ3n) is 6.20. The SMILES string of the molecule is CC(C)N(CCc1ccccc1)C(C)CCc1ccc(C2CC(F)C2F)cc1. The fourth-order valence-electron chi connectivity index (χ4n) is 4.24. The first-order valence-corrected chi connectivity index (χ1v) is 10.6. The standard InChI is InChI=1S/C25H33F2N/c1-18(2)28(16-15-20-7-5-4-6-8-20)19(3)9-10-21-11-13-22(14-12-21)23-17-24(26)25(23)27/h4-8,11-14,18-19,23-25H,9-10,15-17H2,1-3H3. The zero-order valence-electron chi connectivity index (χ0n) is 17.3. The number of aryl methyl sites for hydroxylation is 1. The molecule has 1 saturated carbocycles. The van der Waals surface area contributed by atoms with Crippen molar-refractivity contribution in [3.05, 3.63) is 71.3 Å². The first-order chi connectivity index (χ1) is 13.5. The van der Waals surface area contributed by atoms with Crippen molar-refractivity contribution < 1.29 is 8.78 Å². The Morgan fingerprint density at radius 1 is 0.893 bits per heavy atom. The van der Waals surface area contributed by atoms with Crippen molar-refractivity contribution in [2.75, 3.05) is 6.54 Å². The van der Waals surface area contributed by atoms with Crippen LogP contribution in [0.15, 0.2) is 54.6 Å². The Balaban J connectivity index is 1.50. The van der Waals surface area contributed by atoms with Crippen LogP contribution in [-0.2, 0) is 12.8 Å². The molecule has 0 saturated heterocycles. The average molecular weight is 386 g/mol. The number of halogens is 2. The summed E-state index contributed by atoms with van der Waals surface area (Å²) in [5.74, 6) is -0.252. The van der Waals surface area contributed by atoms with Gasteiger partial charge in [-0.05, 0) is 63.1 Å². The maximum absolute atomic E-state index is 13.6. The molecule has 0 radical (unpaired) electrons. The van der Waals surface area contributed by atoms with Gasteiger partial charge in [0, 0.05) is 24.5 Å². The molecule has 0 heterocycles. The van der Waals surface area contributed by atoms with E-state index < -0.39 is 12.3 Å². The molecule has 1 aliphatic rings. The molecule has 4 atom stereocenters. The van der Waals surface area contributed by atoms with Crippen LogP contribution in [0.4, 0.5) is 8.78 Å². The predicted molar refractivity (Wildman–Crippen MR) is 113 cm³/mol. The van der Waals surface area contributed by atoms with Crippen molar-refractivity contribution in [3.8, 4) is 0 Å². The number of rotatable bonds is 9. The average Bonchev–Trinajstić information content (AvgIpc) is 2.71. The van der Waals surface area contributed by atoms with E-state index in [2.05, 4.69) is 68.1 Å². The Labute approximate surface area is 168 Å². The van der Waals surface area contributed by atoms with Gasteiger partial charge < -0.3 is 0 Å². The van der Waals surface area contributed by atoms with Crippen LogP contribution >= 0.6 is 0 Å². The molecule has 152 valence electrons. The van der Waals surface area contributed by atoms with E-state index in [-0.39, 0.29) is 5.92 Å². The molecule has 2 aromatic rings. The van der Waals surface area contributed by atoms with E-state index in [9.17, 15) is 8.78 Å². The number of hydrogen-bond acceptors (Lipinski definition) is 1. The Hall–Kier alpha value is -1.74. The van der Waals surface area contributed by atoms with Gasteiger partial charge in [-0.3, -0.25) is 4.90 Å². The fraction of sp³-hybridized carbons (Fsp3) is 0.520. The minimum atomic E-state index is -1.32. The number of nitrogens with zero attached hydrogens (tertiary/aromatic N) is 1. The molecule has 1 fully saturated rings. The molecule has 4 unspecified atom stereocenters. The van der Waals surface area contributed by atoms with Crippen molar-refractivity contribution in [1.82, 2.24) is 4.90 Å². The van der Waals surface area contributed by atoms with Crippen molar-refractivity contribution in [2.24, 2.45) is 0 Å². The Morgan fingerprint density at radius 2 is 1.54 bits per heavy atom. The molecule has 0 aromatic heterocycles. The lowest BCUT2D eigenvalue weighted by atomic mass is 9.76. The molecule has 0 amide bonds. The van der Waals surface area contributed by atoms with Gasteiger partial charge in [-0.15, -0.1) is 0 Å². The summed E-state index contributed by atoms with van der Waals surface area (Å²) in [6, 6.07) is 19.8. The molecule has 3 heteroatoms. The van der Waals surface area contributed by atoms with Gasteiger partial charge in [0.2, 0.25) is 0 Å². The van der Waals surface area contributed by atoms with Crippen molar-refractivity contribution in [2.45, 2.75) is 76.8 Å². The summed E-state index contributed by atoms with van der Waals surface area (Å²) in [6.07, 6.45) is 0.889. The normalized spacial score (nSPS) is 23.0. The van der Waals surface area contributed by atoms with Crippen LogP contribution in [0.3, 0.4) is 0 Å². The van der Waals surface area contributed by atoms with Crippen LogP contribution < -0.4 is 0 Å². The minimum Gasteiger partial charge on any atom is -0.298 e. The Morgan fingerprint density at radius 3 is 2.11 bits per heavy atom. The van der Waals surface area contributed by atoms with Crippen LogP contribution in [0, 0.1) is 0 Å². The van der Waals surface area contributed by atoms with Crippen LogP contribution in [0.25, 0.3) is 0 Å². The largest absolute Gasteiger partial charge is 0.298 e. The highest BCUT2D eigenvalue weighted by molar-refractivity contribution is 5.29. The highest BCUT2D eigenvalue weighted by atomic mass is 19.2. The summed E-state index contributed by atoms with van der Waals surface area (Å²) in [6.45, 7) is 7.90. The van der Waals surface area contributed by atoms with Crippen LogP contribution in [-0.4, -0.2) is 35.9 Å². The van der Waals surface area contributed by atoms with Gasteiger partial charge in [0.05, 0.1) is 0 Å². The second-order valence-corrected chi connectivity index (χ2v) is 8.50. The molecule has 0 bridgehead atoms. The number of alkyl halides is 2. The van der Waals surface area contributed by atoms with E-state index in [1.807, 2.05) is 12.1 Å². The van der Waals surface area contributed by atoms with Crippen molar-refractivity contribution >= 4 is 0 Å². The van der Waals surface area contributed by atoms with Gasteiger partial charge in [0.15, 0.2) is 0 Å². The molecular weight excluding hydrogens is 352 g/mol. The smallest absolute Gasteiger partial charge is 0.138 e. The fourth-order valence-corrected chi connectivity index (χ4v) is 4.24. The first kappa shape index (κ1) is 21.0. The van der Waals surface area contributed by atoms with E-state index in [4.69, 9.17) is 0 Å². The number of hydrogen-bond donors (Lipinski definition) is 0. The highest BCUT2D eigenvalue weighted by Crippen LogP contribution is 2.41. The van der Waals surface area contributed by atoms with Crippen LogP contribution in [0.1, 0.15) is 56.2 Å². The monoisotopic (exact) mass is 385 g/mol. The van der Waals surface area contributed by atoms with E-state index in [1.165, 1.54) is 11.1 Å². The molecule has 0 aliphatic heterocycles. The molecule has 1 nitrogen and oxygen atoms in total. The van der Waals surface area contributed by atoms with Gasteiger partial charge in [0.1, 0.15) is 12.3 Å². The van der Waals surface area contributed by atoms with E-state index in [0.717, 1.165) is 31.4 Å². The summed E-state index contributed by atoms with van der Waals surface area (Å²) in [5.41, 5.74) is 3.59. The maximum Gasteiger partial charge on any atom is 0.138 e. The molecular formula is C25H33F2N. The van der Waals surface area contributed by atoms with Crippen LogP contribution in [0.5, 0.6) is 0 Å². The molecule has 2 aromatic carbocycles. The number of benzene rings is 2. The summed E-state index contributed by atoms with van der Waals surface area (Å²) in [7, 11) is 0. The third kappa shape index (κ3) is 5.20. The minimum absolute atomic E-state index is 0.252. The molecule has 3 rings (SSSR count).